The zero-order valence-electron chi connectivity index (χ0n) is 18.8. The number of rotatable bonds is 8. The second kappa shape index (κ2) is 11.0. The number of benzene rings is 3. The van der Waals surface area contributed by atoms with Crippen molar-refractivity contribution in [3.8, 4) is 11.5 Å². The number of carbonyl (C=O) groups is 2. The normalized spacial score (nSPS) is 11.9. The molecule has 0 heterocycles. The van der Waals surface area contributed by atoms with Gasteiger partial charge in [0.15, 0.2) is 6.10 Å². The lowest BCUT2D eigenvalue weighted by molar-refractivity contribution is -0.122. The first-order chi connectivity index (χ1) is 16.8. The van der Waals surface area contributed by atoms with Crippen LogP contribution in [0.3, 0.4) is 0 Å². The number of hydrogen-bond donors (Lipinski definition) is 4. The van der Waals surface area contributed by atoms with E-state index in [4.69, 9.17) is 27.9 Å². The molecule has 0 fully saturated rings. The van der Waals surface area contributed by atoms with Crippen LogP contribution < -0.4 is 20.1 Å². The molecule has 0 saturated heterocycles. The molecule has 1 unspecified atom stereocenters. The maximum absolute atomic E-state index is 13.6. The van der Waals surface area contributed by atoms with Gasteiger partial charge in [-0.1, -0.05) is 29.3 Å². The minimum atomic E-state index is -3.49. The Bertz CT molecular complexity index is 1440. The van der Waals surface area contributed by atoms with E-state index in [0.717, 1.165) is 18.4 Å². The minimum absolute atomic E-state index is 0.00899. The van der Waals surface area contributed by atoms with Crippen molar-refractivity contribution in [2.45, 2.75) is 13.0 Å². The van der Waals surface area contributed by atoms with Crippen molar-refractivity contribution in [1.29, 1.82) is 0 Å². The summed E-state index contributed by atoms with van der Waals surface area (Å²) in [5, 5.41) is 15.1. The van der Waals surface area contributed by atoms with Crippen LogP contribution >= 0.6 is 23.2 Å². The largest absolute Gasteiger partial charge is 0.506 e. The molecule has 1 atom stereocenters. The van der Waals surface area contributed by atoms with E-state index >= 15 is 0 Å². The molecule has 0 aromatic heterocycles. The Hall–Kier alpha value is -3.54. The van der Waals surface area contributed by atoms with Crippen LogP contribution in [0, 0.1) is 5.82 Å². The Kier molecular flexibility index (Phi) is 8.28. The summed E-state index contributed by atoms with van der Waals surface area (Å²) in [6, 6.07) is 11.8. The number of anilines is 3. The topological polar surface area (TPSA) is 134 Å². The van der Waals surface area contributed by atoms with Crippen LogP contribution in [-0.4, -0.2) is 37.7 Å². The Morgan fingerprint density at radius 1 is 1.00 bits per heavy atom. The van der Waals surface area contributed by atoms with Crippen LogP contribution in [0.2, 0.25) is 10.0 Å². The van der Waals surface area contributed by atoms with E-state index in [0.29, 0.717) is 0 Å². The molecule has 0 radical (unpaired) electrons. The second-order valence-electron chi connectivity index (χ2n) is 7.58. The number of sulfonamides is 1. The van der Waals surface area contributed by atoms with Crippen LogP contribution in [0.5, 0.6) is 11.5 Å². The minimum Gasteiger partial charge on any atom is -0.506 e. The maximum atomic E-state index is 13.6. The summed E-state index contributed by atoms with van der Waals surface area (Å²) in [5.41, 5.74) is 0.191. The van der Waals surface area contributed by atoms with Crippen LogP contribution in [0.15, 0.2) is 54.6 Å². The van der Waals surface area contributed by atoms with Crippen molar-refractivity contribution in [3.63, 3.8) is 0 Å². The molecular weight excluding hydrogens is 536 g/mol. The first-order valence-corrected chi connectivity index (χ1v) is 12.8. The highest BCUT2D eigenvalue weighted by molar-refractivity contribution is 7.92. The molecule has 0 aliphatic rings. The summed E-state index contributed by atoms with van der Waals surface area (Å²) >= 11 is 11.8. The highest BCUT2D eigenvalue weighted by atomic mass is 35.5. The van der Waals surface area contributed by atoms with E-state index in [1.54, 1.807) is 12.1 Å². The first kappa shape index (κ1) is 27.1. The lowest BCUT2D eigenvalue weighted by Crippen LogP contribution is -2.30. The Morgan fingerprint density at radius 3 is 2.39 bits per heavy atom. The highest BCUT2D eigenvalue weighted by Crippen LogP contribution is 2.34. The van der Waals surface area contributed by atoms with Crippen molar-refractivity contribution in [2.75, 3.05) is 21.6 Å². The smallest absolute Gasteiger partial charge is 0.265 e. The number of halogens is 3. The molecular formula is C23H20Cl2FN3O6S. The first-order valence-electron chi connectivity index (χ1n) is 10.2. The monoisotopic (exact) mass is 555 g/mol. The summed E-state index contributed by atoms with van der Waals surface area (Å²) in [4.78, 5) is 25.0. The highest BCUT2D eigenvalue weighted by Gasteiger charge is 2.19. The van der Waals surface area contributed by atoms with E-state index in [9.17, 15) is 27.5 Å². The predicted molar refractivity (Wildman–Crippen MR) is 136 cm³/mol. The maximum Gasteiger partial charge on any atom is 0.265 e. The Labute approximate surface area is 216 Å². The van der Waals surface area contributed by atoms with Crippen LogP contribution in [0.1, 0.15) is 17.3 Å². The molecule has 0 bridgehead atoms. The number of aromatic hydroxyl groups is 1. The van der Waals surface area contributed by atoms with Crippen LogP contribution in [0.25, 0.3) is 0 Å². The number of carbonyl (C=O) groups excluding carboxylic acids is 2. The van der Waals surface area contributed by atoms with Gasteiger partial charge in [-0.2, -0.15) is 0 Å². The van der Waals surface area contributed by atoms with E-state index in [1.165, 1.54) is 37.3 Å². The molecule has 13 heteroatoms. The lowest BCUT2D eigenvalue weighted by atomic mass is 10.2. The van der Waals surface area contributed by atoms with Crippen molar-refractivity contribution in [1.82, 2.24) is 0 Å². The van der Waals surface area contributed by atoms with E-state index in [-0.39, 0.29) is 38.4 Å². The molecule has 0 aliphatic heterocycles. The van der Waals surface area contributed by atoms with Crippen LogP contribution in [-0.2, 0) is 14.8 Å². The third-order valence-corrected chi connectivity index (χ3v) is 5.82. The molecule has 0 saturated carbocycles. The van der Waals surface area contributed by atoms with Gasteiger partial charge in [-0.3, -0.25) is 14.3 Å². The molecule has 2 amide bonds. The molecule has 36 heavy (non-hydrogen) atoms. The van der Waals surface area contributed by atoms with Gasteiger partial charge in [0.05, 0.1) is 33.4 Å². The van der Waals surface area contributed by atoms with Gasteiger partial charge in [-0.25, -0.2) is 12.8 Å². The third kappa shape index (κ3) is 7.23. The molecule has 3 rings (SSSR count). The number of phenols is 1. The fourth-order valence-corrected chi connectivity index (χ4v) is 3.81. The van der Waals surface area contributed by atoms with Gasteiger partial charge in [-0.15, -0.1) is 0 Å². The molecule has 190 valence electrons. The quantitative estimate of drug-likeness (QED) is 0.293. The summed E-state index contributed by atoms with van der Waals surface area (Å²) in [5.74, 6) is -2.29. The van der Waals surface area contributed by atoms with Crippen molar-refractivity contribution >= 4 is 62.1 Å². The van der Waals surface area contributed by atoms with Gasteiger partial charge in [0.1, 0.15) is 17.3 Å². The molecule has 9 nitrogen and oxygen atoms in total. The molecule has 4 N–H and O–H groups in total. The number of nitrogens with one attached hydrogen (secondary N) is 3. The molecule has 0 aliphatic carbocycles. The SMILES string of the molecule is CC(Oc1cccc(NS(C)(=O)=O)c1)C(=O)Nc1cc(O)c(NC(=O)c2ccc(Cl)c(F)c2)cc1Cl. The molecule has 3 aromatic carbocycles. The van der Waals surface area contributed by atoms with Gasteiger partial charge < -0.3 is 20.5 Å². The van der Waals surface area contributed by atoms with Gasteiger partial charge in [-0.05, 0) is 43.3 Å². The fraction of sp³-hybridized carbons (Fsp3) is 0.130. The predicted octanol–water partition coefficient (Wildman–Crippen LogP) is 4.87. The van der Waals surface area contributed by atoms with Gasteiger partial charge in [0, 0.05) is 17.7 Å². The second-order valence-corrected chi connectivity index (χ2v) is 10.1. The van der Waals surface area contributed by atoms with Gasteiger partial charge in [0.2, 0.25) is 10.0 Å². The van der Waals surface area contributed by atoms with E-state index in [2.05, 4.69) is 15.4 Å². The average Bonchev–Trinajstić information content (AvgIpc) is 2.77. The third-order valence-electron chi connectivity index (χ3n) is 4.59. The summed E-state index contributed by atoms with van der Waals surface area (Å²) < 4.78 is 44.3. The lowest BCUT2D eigenvalue weighted by Gasteiger charge is -2.17. The van der Waals surface area contributed by atoms with Crippen molar-refractivity contribution in [2.24, 2.45) is 0 Å². The van der Waals surface area contributed by atoms with Crippen LogP contribution in [0.4, 0.5) is 21.5 Å². The van der Waals surface area contributed by atoms with Crippen molar-refractivity contribution < 1.29 is 32.2 Å². The number of amides is 2. The zero-order chi connectivity index (χ0) is 26.6. The number of phenolic OH excluding ortho intramolecular Hbond substituents is 1. The van der Waals surface area contributed by atoms with E-state index in [1.807, 2.05) is 0 Å². The summed E-state index contributed by atoms with van der Waals surface area (Å²) in [6.07, 6.45) is -0.0277. The van der Waals surface area contributed by atoms with E-state index < -0.39 is 39.5 Å². The molecule has 0 spiro atoms. The van der Waals surface area contributed by atoms with Crippen molar-refractivity contribution in [3.05, 3.63) is 76.0 Å². The fourth-order valence-electron chi connectivity index (χ4n) is 2.93. The zero-order valence-corrected chi connectivity index (χ0v) is 21.1. The standard InChI is InChI=1S/C23H20Cl2FN3O6S/c1-12(35-15-5-3-4-14(9-15)29-36(2,33)34)22(31)27-19-11-21(30)20(10-17(19)25)28-23(32)13-6-7-16(24)18(26)8-13/h3-12,29-30H,1-2H3,(H,27,31)(H,28,32). The summed E-state index contributed by atoms with van der Waals surface area (Å²) in [7, 11) is -3.49. The molecule has 3 aromatic rings. The van der Waals surface area contributed by atoms with Gasteiger partial charge in [0.25, 0.3) is 11.8 Å². The number of ether oxygens (including phenoxy) is 1. The Morgan fingerprint density at radius 2 is 1.72 bits per heavy atom. The number of hydrogen-bond acceptors (Lipinski definition) is 6. The Balaban J connectivity index is 1.68. The van der Waals surface area contributed by atoms with Gasteiger partial charge >= 0.3 is 0 Å². The average molecular weight is 556 g/mol. The summed E-state index contributed by atoms with van der Waals surface area (Å²) in [6.45, 7) is 1.46.